The van der Waals surface area contributed by atoms with E-state index in [0.29, 0.717) is 22.4 Å². The van der Waals surface area contributed by atoms with Crippen molar-refractivity contribution in [1.82, 2.24) is 5.43 Å². The Kier molecular flexibility index (Phi) is 6.41. The van der Waals surface area contributed by atoms with Crippen molar-refractivity contribution in [2.24, 2.45) is 5.10 Å². The van der Waals surface area contributed by atoms with E-state index in [1.54, 1.807) is 44.7 Å². The Bertz CT molecular complexity index is 780. The smallest absolute Gasteiger partial charge is 0.191 e. The molecule has 0 spiro atoms. The van der Waals surface area contributed by atoms with E-state index in [9.17, 15) is 5.11 Å². The van der Waals surface area contributed by atoms with E-state index in [4.69, 9.17) is 26.4 Å². The zero-order valence-corrected chi connectivity index (χ0v) is 14.9. The van der Waals surface area contributed by atoms with Crippen LogP contribution in [0.3, 0.4) is 0 Å². The van der Waals surface area contributed by atoms with Gasteiger partial charge in [0.1, 0.15) is 0 Å². The number of methoxy groups -OCH3 is 3. The van der Waals surface area contributed by atoms with Gasteiger partial charge in [-0.2, -0.15) is 5.10 Å². The molecule has 0 aliphatic carbocycles. The Hall–Kier alpha value is -3.00. The second kappa shape index (κ2) is 8.74. The minimum absolute atomic E-state index is 0.0678. The first-order valence-corrected chi connectivity index (χ1v) is 7.67. The SMILES string of the molecule is COc1cc(C=NNC(=S)Nc2ccc(OC)c(OC)c2)ccc1O. The number of thiocarbonyl (C=S) groups is 1. The van der Waals surface area contributed by atoms with E-state index < -0.39 is 0 Å². The van der Waals surface area contributed by atoms with Crippen molar-refractivity contribution in [3.05, 3.63) is 42.0 Å². The van der Waals surface area contributed by atoms with Gasteiger partial charge in [-0.15, -0.1) is 0 Å². The molecule has 3 N–H and O–H groups in total. The number of phenols is 1. The maximum absolute atomic E-state index is 9.56. The molecule has 0 heterocycles. The van der Waals surface area contributed by atoms with Crippen LogP contribution in [0.4, 0.5) is 5.69 Å². The molecule has 8 heteroatoms. The summed E-state index contributed by atoms with van der Waals surface area (Å²) < 4.78 is 15.5. The summed E-state index contributed by atoms with van der Waals surface area (Å²) in [6.07, 6.45) is 1.56. The summed E-state index contributed by atoms with van der Waals surface area (Å²) in [6.45, 7) is 0. The van der Waals surface area contributed by atoms with Crippen molar-refractivity contribution in [3.63, 3.8) is 0 Å². The number of ether oxygens (including phenoxy) is 3. The van der Waals surface area contributed by atoms with Gasteiger partial charge in [-0.1, -0.05) is 0 Å². The molecule has 25 heavy (non-hydrogen) atoms. The molecule has 0 unspecified atom stereocenters. The van der Waals surface area contributed by atoms with Crippen LogP contribution < -0.4 is 25.0 Å². The first-order valence-electron chi connectivity index (χ1n) is 7.26. The molecule has 0 amide bonds. The first kappa shape index (κ1) is 18.3. The molecule has 0 atom stereocenters. The Morgan fingerprint density at radius 1 is 1.00 bits per heavy atom. The summed E-state index contributed by atoms with van der Waals surface area (Å²) in [5.41, 5.74) is 4.19. The van der Waals surface area contributed by atoms with Gasteiger partial charge in [0.2, 0.25) is 0 Å². The summed E-state index contributed by atoms with van der Waals surface area (Å²) >= 11 is 5.19. The molecule has 7 nitrogen and oxygen atoms in total. The van der Waals surface area contributed by atoms with Crippen molar-refractivity contribution in [1.29, 1.82) is 0 Å². The van der Waals surface area contributed by atoms with Crippen LogP contribution in [0, 0.1) is 0 Å². The van der Waals surface area contributed by atoms with Gasteiger partial charge in [0, 0.05) is 11.8 Å². The molecule has 2 aromatic carbocycles. The summed E-state index contributed by atoms with van der Waals surface area (Å²) in [5, 5.41) is 16.9. The molecule has 0 aliphatic rings. The average molecular weight is 361 g/mol. The lowest BCUT2D eigenvalue weighted by Gasteiger charge is -2.11. The van der Waals surface area contributed by atoms with E-state index in [2.05, 4.69) is 15.8 Å². The maximum Gasteiger partial charge on any atom is 0.191 e. The summed E-state index contributed by atoms with van der Waals surface area (Å²) in [7, 11) is 4.62. The lowest BCUT2D eigenvalue weighted by molar-refractivity contribution is 0.355. The van der Waals surface area contributed by atoms with Gasteiger partial charge < -0.3 is 24.6 Å². The predicted molar refractivity (Wildman–Crippen MR) is 101 cm³/mol. The van der Waals surface area contributed by atoms with Gasteiger partial charge in [-0.3, -0.25) is 5.43 Å². The highest BCUT2D eigenvalue weighted by Crippen LogP contribution is 2.29. The van der Waals surface area contributed by atoms with Gasteiger partial charge in [0.15, 0.2) is 28.1 Å². The number of rotatable bonds is 6. The number of phenolic OH excluding ortho intramolecular Hbond substituents is 1. The Labute approximate surface area is 151 Å². The lowest BCUT2D eigenvalue weighted by atomic mass is 10.2. The molecule has 0 aromatic heterocycles. The number of aromatic hydroxyl groups is 1. The molecular weight excluding hydrogens is 342 g/mol. The molecule has 0 saturated heterocycles. The largest absolute Gasteiger partial charge is 0.504 e. The van der Waals surface area contributed by atoms with Gasteiger partial charge in [0.25, 0.3) is 0 Å². The van der Waals surface area contributed by atoms with Crippen molar-refractivity contribution in [3.8, 4) is 23.0 Å². The van der Waals surface area contributed by atoms with Crippen LogP contribution in [0.2, 0.25) is 0 Å². The second-order valence-electron chi connectivity index (χ2n) is 4.83. The van der Waals surface area contributed by atoms with Crippen LogP contribution in [0.5, 0.6) is 23.0 Å². The lowest BCUT2D eigenvalue weighted by Crippen LogP contribution is -2.23. The van der Waals surface area contributed by atoms with E-state index >= 15 is 0 Å². The summed E-state index contributed by atoms with van der Waals surface area (Å²) in [4.78, 5) is 0. The second-order valence-corrected chi connectivity index (χ2v) is 5.23. The van der Waals surface area contributed by atoms with Crippen LogP contribution in [-0.4, -0.2) is 37.8 Å². The molecule has 0 radical (unpaired) electrons. The molecule has 2 rings (SSSR count). The quantitative estimate of drug-likeness (QED) is 0.414. The monoisotopic (exact) mass is 361 g/mol. The number of benzene rings is 2. The van der Waals surface area contributed by atoms with E-state index in [0.717, 1.165) is 11.3 Å². The maximum atomic E-state index is 9.56. The van der Waals surface area contributed by atoms with Crippen molar-refractivity contribution in [2.45, 2.75) is 0 Å². The summed E-state index contributed by atoms with van der Waals surface area (Å²) in [6, 6.07) is 10.2. The van der Waals surface area contributed by atoms with E-state index in [1.165, 1.54) is 13.2 Å². The Morgan fingerprint density at radius 3 is 2.40 bits per heavy atom. The molecular formula is C17H19N3O4S. The molecule has 0 saturated carbocycles. The normalized spacial score (nSPS) is 10.4. The topological polar surface area (TPSA) is 84.3 Å². The fraction of sp³-hybridized carbons (Fsp3) is 0.176. The van der Waals surface area contributed by atoms with Crippen LogP contribution in [0.1, 0.15) is 5.56 Å². The minimum atomic E-state index is 0.0678. The van der Waals surface area contributed by atoms with Gasteiger partial charge in [-0.25, -0.2) is 0 Å². The highest BCUT2D eigenvalue weighted by Gasteiger charge is 2.05. The van der Waals surface area contributed by atoms with Crippen LogP contribution in [0.25, 0.3) is 0 Å². The molecule has 0 fully saturated rings. The van der Waals surface area contributed by atoms with Gasteiger partial charge in [-0.05, 0) is 48.1 Å². The highest BCUT2D eigenvalue weighted by molar-refractivity contribution is 7.80. The van der Waals surface area contributed by atoms with E-state index in [1.807, 2.05) is 6.07 Å². The fourth-order valence-corrected chi connectivity index (χ4v) is 2.18. The number of nitrogens with zero attached hydrogens (tertiary/aromatic N) is 1. The third-order valence-electron chi connectivity index (χ3n) is 3.22. The summed E-state index contributed by atoms with van der Waals surface area (Å²) in [5.74, 6) is 1.66. The number of hydrazone groups is 1. The zero-order valence-electron chi connectivity index (χ0n) is 14.1. The molecule has 0 bridgehead atoms. The third kappa shape index (κ3) is 4.98. The van der Waals surface area contributed by atoms with Crippen LogP contribution >= 0.6 is 12.2 Å². The van der Waals surface area contributed by atoms with Crippen LogP contribution in [0.15, 0.2) is 41.5 Å². The van der Waals surface area contributed by atoms with Crippen LogP contribution in [-0.2, 0) is 0 Å². The van der Waals surface area contributed by atoms with E-state index in [-0.39, 0.29) is 5.75 Å². The number of nitrogens with one attached hydrogen (secondary N) is 2. The molecule has 2 aromatic rings. The van der Waals surface area contributed by atoms with Crippen molar-refractivity contribution < 1.29 is 19.3 Å². The predicted octanol–water partition coefficient (Wildman–Crippen LogP) is 2.74. The molecule has 0 aliphatic heterocycles. The fourth-order valence-electron chi connectivity index (χ4n) is 2.01. The number of hydrogen-bond donors (Lipinski definition) is 3. The standard InChI is InChI=1S/C17H19N3O4S/c1-22-14-7-5-12(9-16(14)24-3)19-17(25)20-18-10-11-4-6-13(21)15(8-11)23-2/h4-10,21H,1-3H3,(H2,19,20,25). The highest BCUT2D eigenvalue weighted by atomic mass is 32.1. The van der Waals surface area contributed by atoms with Gasteiger partial charge in [0.05, 0.1) is 27.5 Å². The Morgan fingerprint density at radius 2 is 1.72 bits per heavy atom. The van der Waals surface area contributed by atoms with Crippen molar-refractivity contribution >= 4 is 29.2 Å². The number of hydrogen-bond acceptors (Lipinski definition) is 6. The van der Waals surface area contributed by atoms with Crippen molar-refractivity contribution in [2.75, 3.05) is 26.6 Å². The first-order chi connectivity index (χ1) is 12.1. The average Bonchev–Trinajstić information content (AvgIpc) is 2.62. The molecule has 132 valence electrons. The number of anilines is 1. The Balaban J connectivity index is 1.96. The third-order valence-corrected chi connectivity index (χ3v) is 3.42. The zero-order chi connectivity index (χ0) is 18.2. The van der Waals surface area contributed by atoms with Gasteiger partial charge >= 0.3 is 0 Å². The minimum Gasteiger partial charge on any atom is -0.504 e.